The van der Waals surface area contributed by atoms with Gasteiger partial charge in [0.1, 0.15) is 0 Å². The highest BCUT2D eigenvalue weighted by molar-refractivity contribution is 5.30. The quantitative estimate of drug-likeness (QED) is 0.783. The van der Waals surface area contributed by atoms with Crippen LogP contribution in [0, 0.1) is 5.92 Å². The van der Waals surface area contributed by atoms with Crippen LogP contribution in [0.3, 0.4) is 0 Å². The molecule has 0 fully saturated rings. The predicted molar refractivity (Wildman–Crippen MR) is 92.8 cm³/mol. The molecule has 0 aliphatic rings. The molecule has 0 saturated heterocycles. The van der Waals surface area contributed by atoms with Gasteiger partial charge in [0.25, 0.3) is 0 Å². The summed E-state index contributed by atoms with van der Waals surface area (Å²) in [5, 5.41) is 9.50. The lowest BCUT2D eigenvalue weighted by atomic mass is 9.66. The van der Waals surface area contributed by atoms with Gasteiger partial charge >= 0.3 is 0 Å². The summed E-state index contributed by atoms with van der Waals surface area (Å²) < 4.78 is 0. The number of hydrogen-bond donors (Lipinski definition) is 2. The molecule has 2 unspecified atom stereocenters. The number of nitrogens with two attached hydrogens (primary N) is 1. The largest absolute Gasteiger partial charge is 0.396 e. The van der Waals surface area contributed by atoms with Crippen LogP contribution < -0.4 is 5.73 Å². The minimum atomic E-state index is -0.0231. The highest BCUT2D eigenvalue weighted by Crippen LogP contribution is 2.39. The third kappa shape index (κ3) is 3.96. The fourth-order valence-corrected chi connectivity index (χ4v) is 3.46. The molecule has 0 aliphatic heterocycles. The number of aliphatic hydroxyl groups excluding tert-OH is 1. The SMILES string of the molecule is CC(Cc1ccccc1)(c1ccccc1)C(CCN)CCO. The van der Waals surface area contributed by atoms with Crippen molar-refractivity contribution in [1.29, 1.82) is 0 Å². The van der Waals surface area contributed by atoms with E-state index in [0.717, 1.165) is 19.3 Å². The Morgan fingerprint density at radius 1 is 0.955 bits per heavy atom. The first-order chi connectivity index (χ1) is 10.7. The monoisotopic (exact) mass is 297 g/mol. The van der Waals surface area contributed by atoms with E-state index >= 15 is 0 Å². The average Bonchev–Trinajstić information content (AvgIpc) is 2.56. The van der Waals surface area contributed by atoms with Crippen LogP contribution in [0.5, 0.6) is 0 Å². The van der Waals surface area contributed by atoms with Crippen molar-refractivity contribution in [3.05, 3.63) is 71.8 Å². The molecular weight excluding hydrogens is 270 g/mol. The molecule has 2 atom stereocenters. The first kappa shape index (κ1) is 16.7. The van der Waals surface area contributed by atoms with Gasteiger partial charge in [0, 0.05) is 6.61 Å². The zero-order valence-corrected chi connectivity index (χ0v) is 13.4. The molecule has 3 N–H and O–H groups in total. The molecule has 0 bridgehead atoms. The van der Waals surface area contributed by atoms with Crippen LogP contribution in [0.25, 0.3) is 0 Å². The van der Waals surface area contributed by atoms with Crippen LogP contribution in [-0.4, -0.2) is 18.3 Å². The van der Waals surface area contributed by atoms with Gasteiger partial charge in [0.2, 0.25) is 0 Å². The minimum absolute atomic E-state index is 0.0231. The van der Waals surface area contributed by atoms with Crippen LogP contribution in [0.1, 0.15) is 30.9 Å². The van der Waals surface area contributed by atoms with Crippen molar-refractivity contribution in [3.63, 3.8) is 0 Å². The average molecular weight is 297 g/mol. The second-order valence-corrected chi connectivity index (χ2v) is 6.23. The maximum absolute atomic E-state index is 9.50. The number of benzene rings is 2. The van der Waals surface area contributed by atoms with E-state index in [-0.39, 0.29) is 12.0 Å². The molecule has 2 nitrogen and oxygen atoms in total. The Balaban J connectivity index is 2.38. The van der Waals surface area contributed by atoms with E-state index in [1.807, 2.05) is 0 Å². The Morgan fingerprint density at radius 2 is 1.55 bits per heavy atom. The number of aliphatic hydroxyl groups is 1. The van der Waals surface area contributed by atoms with Crippen LogP contribution in [0.4, 0.5) is 0 Å². The lowest BCUT2D eigenvalue weighted by Crippen LogP contribution is -2.36. The van der Waals surface area contributed by atoms with Gasteiger partial charge in [-0.05, 0) is 48.3 Å². The lowest BCUT2D eigenvalue weighted by Gasteiger charge is -2.39. The third-order valence-electron chi connectivity index (χ3n) is 4.74. The first-order valence-corrected chi connectivity index (χ1v) is 8.11. The summed E-state index contributed by atoms with van der Waals surface area (Å²) in [7, 11) is 0. The highest BCUT2D eigenvalue weighted by atomic mass is 16.3. The van der Waals surface area contributed by atoms with Gasteiger partial charge in [-0.2, -0.15) is 0 Å². The molecule has 0 aromatic heterocycles. The third-order valence-corrected chi connectivity index (χ3v) is 4.74. The fraction of sp³-hybridized carbons (Fsp3) is 0.400. The maximum atomic E-state index is 9.50. The summed E-state index contributed by atoms with van der Waals surface area (Å²) in [6, 6.07) is 21.2. The minimum Gasteiger partial charge on any atom is -0.396 e. The first-order valence-electron chi connectivity index (χ1n) is 8.11. The van der Waals surface area contributed by atoms with Crippen molar-refractivity contribution in [1.82, 2.24) is 0 Å². The van der Waals surface area contributed by atoms with E-state index < -0.39 is 0 Å². The summed E-state index contributed by atoms with van der Waals surface area (Å²) >= 11 is 0. The van der Waals surface area contributed by atoms with Crippen molar-refractivity contribution in [2.45, 2.75) is 31.6 Å². The Hall–Kier alpha value is -1.64. The zero-order valence-electron chi connectivity index (χ0n) is 13.4. The molecule has 0 spiro atoms. The molecule has 2 heteroatoms. The Morgan fingerprint density at radius 3 is 2.09 bits per heavy atom. The van der Waals surface area contributed by atoms with Crippen molar-refractivity contribution in [2.75, 3.05) is 13.2 Å². The second kappa shape index (κ2) is 8.11. The van der Waals surface area contributed by atoms with E-state index in [2.05, 4.69) is 67.6 Å². The van der Waals surface area contributed by atoms with Gasteiger partial charge in [-0.25, -0.2) is 0 Å². The lowest BCUT2D eigenvalue weighted by molar-refractivity contribution is 0.193. The molecule has 0 heterocycles. The molecule has 0 amide bonds. The number of rotatable bonds is 8. The summed E-state index contributed by atoms with van der Waals surface area (Å²) in [4.78, 5) is 0. The van der Waals surface area contributed by atoms with Crippen LogP contribution in [0.2, 0.25) is 0 Å². The van der Waals surface area contributed by atoms with Gasteiger partial charge in [-0.3, -0.25) is 0 Å². The van der Waals surface area contributed by atoms with Crippen molar-refractivity contribution >= 4 is 0 Å². The standard InChI is InChI=1S/C20H27NO/c1-20(18-10-6-3-7-11-18,19(12-14-21)13-15-22)16-17-8-4-2-5-9-17/h2-11,19,22H,12-16,21H2,1H3. The normalized spacial score (nSPS) is 15.2. The van der Waals surface area contributed by atoms with E-state index in [9.17, 15) is 5.11 Å². The van der Waals surface area contributed by atoms with E-state index in [1.165, 1.54) is 11.1 Å². The Bertz CT molecular complexity index is 534. The summed E-state index contributed by atoms with van der Waals surface area (Å²) in [6.45, 7) is 3.18. The van der Waals surface area contributed by atoms with Crippen molar-refractivity contribution < 1.29 is 5.11 Å². The predicted octanol–water partition coefficient (Wildman–Crippen LogP) is 3.53. The molecule has 2 rings (SSSR count). The van der Waals surface area contributed by atoms with Gasteiger partial charge in [-0.1, -0.05) is 67.6 Å². The van der Waals surface area contributed by atoms with Gasteiger partial charge < -0.3 is 10.8 Å². The van der Waals surface area contributed by atoms with Gasteiger partial charge in [-0.15, -0.1) is 0 Å². The van der Waals surface area contributed by atoms with E-state index in [0.29, 0.717) is 12.5 Å². The van der Waals surface area contributed by atoms with Gasteiger partial charge in [0.15, 0.2) is 0 Å². The fourth-order valence-electron chi connectivity index (χ4n) is 3.46. The van der Waals surface area contributed by atoms with Crippen LogP contribution >= 0.6 is 0 Å². The maximum Gasteiger partial charge on any atom is 0.0433 e. The molecule has 118 valence electrons. The molecule has 0 radical (unpaired) electrons. The van der Waals surface area contributed by atoms with Crippen molar-refractivity contribution in [2.24, 2.45) is 11.7 Å². The van der Waals surface area contributed by atoms with Crippen molar-refractivity contribution in [3.8, 4) is 0 Å². The van der Waals surface area contributed by atoms with Gasteiger partial charge in [0.05, 0.1) is 0 Å². The van der Waals surface area contributed by atoms with E-state index in [4.69, 9.17) is 5.73 Å². The summed E-state index contributed by atoms with van der Waals surface area (Å²) in [5.74, 6) is 0.366. The summed E-state index contributed by atoms with van der Waals surface area (Å²) in [6.07, 6.45) is 2.68. The Labute approximate surface area is 134 Å². The van der Waals surface area contributed by atoms with E-state index in [1.54, 1.807) is 0 Å². The smallest absolute Gasteiger partial charge is 0.0433 e. The van der Waals surface area contributed by atoms with Crippen LogP contribution in [0.15, 0.2) is 60.7 Å². The molecular formula is C20H27NO. The zero-order chi connectivity index (χ0) is 15.8. The summed E-state index contributed by atoms with van der Waals surface area (Å²) in [5.41, 5.74) is 8.48. The molecule has 0 saturated carbocycles. The highest BCUT2D eigenvalue weighted by Gasteiger charge is 2.35. The second-order valence-electron chi connectivity index (χ2n) is 6.23. The Kier molecular flexibility index (Phi) is 6.17. The molecule has 0 aliphatic carbocycles. The molecule has 2 aromatic carbocycles. The molecule has 2 aromatic rings. The topological polar surface area (TPSA) is 46.2 Å². The van der Waals surface area contributed by atoms with Crippen LogP contribution in [-0.2, 0) is 11.8 Å². The molecule has 22 heavy (non-hydrogen) atoms. The number of hydrogen-bond acceptors (Lipinski definition) is 2.